The second-order valence-corrected chi connectivity index (χ2v) is 9.86. The number of amides is 1. The van der Waals surface area contributed by atoms with Crippen molar-refractivity contribution in [3.8, 4) is 0 Å². The van der Waals surface area contributed by atoms with Crippen LogP contribution in [0.1, 0.15) is 110 Å². The molecule has 0 bridgehead atoms. The summed E-state index contributed by atoms with van der Waals surface area (Å²) in [6.07, 6.45) is 10.6. The van der Waals surface area contributed by atoms with Crippen LogP contribution in [0.15, 0.2) is 0 Å². The molecular formula is C27H50KN3O9. The van der Waals surface area contributed by atoms with Crippen molar-refractivity contribution in [1.29, 1.82) is 0 Å². The first-order valence-electron chi connectivity index (χ1n) is 14.1. The number of carboxylic acids is 2. The number of nitrogens with one attached hydrogen (secondary N) is 1. The van der Waals surface area contributed by atoms with E-state index in [9.17, 15) is 24.0 Å². The number of carbonyl (C=O) groups excluding carboxylic acids is 3. The third-order valence-electron chi connectivity index (χ3n) is 6.18. The SMILES string of the molecule is CCCCCCCCCCCC(=O)NC(CCCOC(=O)C(N)CCC(=O)O)COC(=O)C(N)CCC(=O)O.[KH]. The van der Waals surface area contributed by atoms with Crippen LogP contribution < -0.4 is 16.8 Å². The molecule has 1 amide bonds. The van der Waals surface area contributed by atoms with Crippen molar-refractivity contribution in [2.45, 2.75) is 128 Å². The Morgan fingerprint density at radius 2 is 1.15 bits per heavy atom. The van der Waals surface area contributed by atoms with Crippen LogP contribution in [0.4, 0.5) is 0 Å². The van der Waals surface area contributed by atoms with Gasteiger partial charge in [-0.3, -0.25) is 24.0 Å². The average Bonchev–Trinajstić information content (AvgIpc) is 2.89. The fraction of sp³-hybridized carbons (Fsp3) is 0.815. The topological polar surface area (TPSA) is 208 Å². The molecule has 3 atom stereocenters. The summed E-state index contributed by atoms with van der Waals surface area (Å²) in [6, 6.07) is -2.68. The molecule has 0 spiro atoms. The van der Waals surface area contributed by atoms with Crippen molar-refractivity contribution in [2.75, 3.05) is 13.2 Å². The van der Waals surface area contributed by atoms with E-state index in [1.807, 2.05) is 0 Å². The Labute approximate surface area is 280 Å². The van der Waals surface area contributed by atoms with E-state index in [-0.39, 0.29) is 96.2 Å². The van der Waals surface area contributed by atoms with Gasteiger partial charge in [0, 0.05) is 19.3 Å². The second kappa shape index (κ2) is 26.8. The predicted molar refractivity (Wildman–Crippen MR) is 152 cm³/mol. The zero-order valence-corrected chi connectivity index (χ0v) is 23.4. The van der Waals surface area contributed by atoms with Crippen LogP contribution in [-0.2, 0) is 33.4 Å². The first-order valence-corrected chi connectivity index (χ1v) is 14.1. The Bertz CT molecular complexity index is 740. The van der Waals surface area contributed by atoms with Crippen molar-refractivity contribution in [1.82, 2.24) is 5.32 Å². The molecule has 0 aromatic carbocycles. The number of aliphatic carboxylic acids is 2. The van der Waals surface area contributed by atoms with Crippen LogP contribution in [0, 0.1) is 0 Å². The fourth-order valence-electron chi connectivity index (χ4n) is 3.79. The van der Waals surface area contributed by atoms with E-state index in [0.717, 1.165) is 25.7 Å². The number of carboxylic acid groups (broad SMARTS) is 2. The Morgan fingerprint density at radius 3 is 1.65 bits per heavy atom. The summed E-state index contributed by atoms with van der Waals surface area (Å²) in [4.78, 5) is 57.8. The maximum absolute atomic E-state index is 12.5. The summed E-state index contributed by atoms with van der Waals surface area (Å²) in [5.41, 5.74) is 11.3. The second-order valence-electron chi connectivity index (χ2n) is 9.86. The molecule has 0 rings (SSSR count). The van der Waals surface area contributed by atoms with Gasteiger partial charge in [-0.2, -0.15) is 0 Å². The molecule has 0 fully saturated rings. The van der Waals surface area contributed by atoms with E-state index in [0.29, 0.717) is 19.3 Å². The fourth-order valence-corrected chi connectivity index (χ4v) is 3.79. The van der Waals surface area contributed by atoms with Gasteiger partial charge in [0.25, 0.3) is 0 Å². The molecule has 3 unspecified atom stereocenters. The number of ether oxygens (including phenoxy) is 2. The number of nitrogens with two attached hydrogens (primary N) is 2. The van der Waals surface area contributed by atoms with E-state index < -0.39 is 42.0 Å². The molecule has 0 radical (unpaired) electrons. The van der Waals surface area contributed by atoms with E-state index >= 15 is 0 Å². The minimum atomic E-state index is -1.09. The van der Waals surface area contributed by atoms with E-state index in [4.69, 9.17) is 31.2 Å². The molecule has 0 heterocycles. The molecule has 40 heavy (non-hydrogen) atoms. The summed E-state index contributed by atoms with van der Waals surface area (Å²) in [5, 5.41) is 20.3. The molecular weight excluding hydrogens is 549 g/mol. The third-order valence-corrected chi connectivity index (χ3v) is 6.18. The average molecular weight is 600 g/mol. The molecule has 0 saturated carbocycles. The van der Waals surface area contributed by atoms with Crippen LogP contribution in [0.3, 0.4) is 0 Å². The van der Waals surface area contributed by atoms with Crippen LogP contribution in [-0.4, -0.2) is 123 Å². The van der Waals surface area contributed by atoms with Gasteiger partial charge >= 0.3 is 75.3 Å². The minimum absolute atomic E-state index is 0. The first kappa shape index (κ1) is 41.0. The number of hydrogen-bond donors (Lipinski definition) is 5. The Hall–Kier alpha value is -1.09. The number of rotatable bonds is 25. The van der Waals surface area contributed by atoms with Crippen LogP contribution in [0.25, 0.3) is 0 Å². The van der Waals surface area contributed by atoms with E-state index in [2.05, 4.69) is 12.2 Å². The van der Waals surface area contributed by atoms with Crippen molar-refractivity contribution in [3.63, 3.8) is 0 Å². The number of esters is 2. The van der Waals surface area contributed by atoms with Crippen molar-refractivity contribution in [3.05, 3.63) is 0 Å². The van der Waals surface area contributed by atoms with Gasteiger partial charge in [-0.15, -0.1) is 0 Å². The van der Waals surface area contributed by atoms with Gasteiger partial charge in [-0.1, -0.05) is 58.3 Å². The Kier molecular flexibility index (Phi) is 27.5. The quantitative estimate of drug-likeness (QED) is 0.0582. The molecule has 0 saturated heterocycles. The van der Waals surface area contributed by atoms with Crippen molar-refractivity contribution in [2.24, 2.45) is 11.5 Å². The Morgan fingerprint density at radius 1 is 0.675 bits per heavy atom. The van der Waals surface area contributed by atoms with Crippen molar-refractivity contribution >= 4 is 81.2 Å². The zero-order chi connectivity index (χ0) is 29.5. The van der Waals surface area contributed by atoms with Crippen LogP contribution in [0.5, 0.6) is 0 Å². The van der Waals surface area contributed by atoms with Gasteiger partial charge in [0.2, 0.25) is 5.91 Å². The summed E-state index contributed by atoms with van der Waals surface area (Å²) in [5.74, 6) is -3.78. The van der Waals surface area contributed by atoms with Gasteiger partial charge in [0.1, 0.15) is 18.7 Å². The summed E-state index contributed by atoms with van der Waals surface area (Å²) in [7, 11) is 0. The molecule has 228 valence electrons. The molecule has 0 aromatic heterocycles. The van der Waals surface area contributed by atoms with Gasteiger partial charge in [0.05, 0.1) is 12.6 Å². The molecule has 0 aromatic rings. The van der Waals surface area contributed by atoms with Crippen LogP contribution >= 0.6 is 0 Å². The zero-order valence-electron chi connectivity index (χ0n) is 23.4. The summed E-state index contributed by atoms with van der Waals surface area (Å²) >= 11 is 0. The van der Waals surface area contributed by atoms with Crippen LogP contribution in [0.2, 0.25) is 0 Å². The number of unbranched alkanes of at least 4 members (excludes halogenated alkanes) is 8. The molecule has 0 aliphatic carbocycles. The van der Waals surface area contributed by atoms with Crippen molar-refractivity contribution < 1.29 is 43.7 Å². The number of hydrogen-bond acceptors (Lipinski definition) is 9. The normalized spacial score (nSPS) is 12.9. The third kappa shape index (κ3) is 24.7. The molecule has 12 nitrogen and oxygen atoms in total. The van der Waals surface area contributed by atoms with Gasteiger partial charge < -0.3 is 36.5 Å². The summed E-state index contributed by atoms with van der Waals surface area (Å²) in [6.45, 7) is 2.03. The van der Waals surface area contributed by atoms with E-state index in [1.54, 1.807) is 0 Å². The van der Waals surface area contributed by atoms with Gasteiger partial charge in [0.15, 0.2) is 0 Å². The van der Waals surface area contributed by atoms with Gasteiger partial charge in [-0.05, 0) is 32.1 Å². The summed E-state index contributed by atoms with van der Waals surface area (Å²) < 4.78 is 10.3. The first-order chi connectivity index (χ1) is 18.6. The predicted octanol–water partition coefficient (Wildman–Crippen LogP) is 1.99. The van der Waals surface area contributed by atoms with E-state index in [1.165, 1.54) is 32.1 Å². The molecule has 13 heteroatoms. The van der Waals surface area contributed by atoms with Gasteiger partial charge in [-0.25, -0.2) is 0 Å². The monoisotopic (exact) mass is 599 g/mol. The molecule has 0 aliphatic heterocycles. The standard InChI is InChI=1S/C27H49N3O9.K.H/c1-2-3-4-5-6-7-8-9-10-13-23(31)30-20(19-39-27(37)22(29)15-17-25(34)35)12-11-18-38-26(36)21(28)14-16-24(32)33;;/h20-22H,2-19,28-29H2,1H3,(H,30,31)(H,32,33)(H,34,35);;. The maximum atomic E-state index is 12.5. The molecule has 7 N–H and O–H groups in total. The number of carbonyl (C=O) groups is 5. The Balaban J connectivity index is 0. The molecule has 0 aliphatic rings.